The zero-order chi connectivity index (χ0) is 37.6. The van der Waals surface area contributed by atoms with Crippen molar-refractivity contribution in [2.75, 3.05) is 4.90 Å². The molecule has 260 valence electrons. The molecule has 10 aromatic rings. The third-order valence-corrected chi connectivity index (χ3v) is 10.8. The summed E-state index contributed by atoms with van der Waals surface area (Å²) in [5, 5.41) is 26.1. The first-order chi connectivity index (χ1) is 27.7. The molecule has 0 bridgehead atoms. The van der Waals surface area contributed by atoms with Crippen molar-refractivity contribution in [3.05, 3.63) is 205 Å². The fourth-order valence-corrected chi connectivity index (χ4v) is 8.33. The van der Waals surface area contributed by atoms with Gasteiger partial charge in [0.1, 0.15) is 0 Å². The highest BCUT2D eigenvalue weighted by Crippen LogP contribution is 2.47. The largest absolute Gasteiger partial charge is 0.310 e. The number of rotatable bonds is 6. The summed E-state index contributed by atoms with van der Waals surface area (Å²) in [6, 6.07) is 72.1. The van der Waals surface area contributed by atoms with Crippen molar-refractivity contribution in [2.45, 2.75) is 0 Å². The van der Waals surface area contributed by atoms with Gasteiger partial charge in [0.25, 0.3) is 0 Å². The Morgan fingerprint density at radius 3 is 1.43 bits per heavy atom. The van der Waals surface area contributed by atoms with Crippen molar-refractivity contribution in [3.8, 4) is 40.1 Å². The quantitative estimate of drug-likeness (QED) is 0.161. The van der Waals surface area contributed by atoms with Crippen LogP contribution in [0.4, 0.5) is 17.1 Å². The molecule has 1 aromatic heterocycles. The summed E-state index contributed by atoms with van der Waals surface area (Å²) in [7, 11) is 0. The predicted molar refractivity (Wildman–Crippen MR) is 231 cm³/mol. The van der Waals surface area contributed by atoms with Crippen LogP contribution < -0.4 is 4.90 Å². The van der Waals surface area contributed by atoms with Gasteiger partial charge < -0.3 is 9.47 Å². The highest BCUT2D eigenvalue weighted by Gasteiger charge is 2.21. The van der Waals surface area contributed by atoms with E-state index in [9.17, 15) is 10.5 Å². The first-order valence-corrected chi connectivity index (χ1v) is 18.6. The summed E-state index contributed by atoms with van der Waals surface area (Å²) in [5.41, 5.74) is 12.1. The SMILES string of the molecule is N#Cc1ccc(-c2c3ccccc3c(-c3ccc(C#N)cc3)c3cc(N(c4ccccc4)c4ccc5c(c4)c4ccccc4n5-c4ccccc4)ccc23)cc1. The minimum absolute atomic E-state index is 0.622. The third kappa shape index (κ3) is 5.37. The average Bonchev–Trinajstić information content (AvgIpc) is 3.60. The van der Waals surface area contributed by atoms with Crippen LogP contribution in [0, 0.1) is 22.7 Å². The van der Waals surface area contributed by atoms with E-state index in [0.29, 0.717) is 11.1 Å². The number of fused-ring (bicyclic) bond motifs is 5. The zero-order valence-corrected chi connectivity index (χ0v) is 30.3. The molecule has 0 N–H and O–H groups in total. The Morgan fingerprint density at radius 1 is 0.357 bits per heavy atom. The summed E-state index contributed by atoms with van der Waals surface area (Å²) in [6.07, 6.45) is 0. The highest BCUT2D eigenvalue weighted by atomic mass is 15.1. The van der Waals surface area contributed by atoms with Crippen molar-refractivity contribution < 1.29 is 0 Å². The van der Waals surface area contributed by atoms with Crippen LogP contribution in [0.2, 0.25) is 0 Å². The molecule has 9 aromatic carbocycles. The maximum absolute atomic E-state index is 9.66. The average molecular weight is 713 g/mol. The molecule has 0 atom stereocenters. The van der Waals surface area contributed by atoms with Gasteiger partial charge in [0.2, 0.25) is 0 Å². The lowest BCUT2D eigenvalue weighted by Gasteiger charge is -2.27. The van der Waals surface area contributed by atoms with Crippen LogP contribution in [0.15, 0.2) is 194 Å². The molecule has 0 radical (unpaired) electrons. The molecule has 0 fully saturated rings. The molecule has 0 saturated heterocycles. The Kier molecular flexibility index (Phi) is 7.88. The van der Waals surface area contributed by atoms with E-state index >= 15 is 0 Å². The van der Waals surface area contributed by atoms with Crippen LogP contribution >= 0.6 is 0 Å². The Balaban J connectivity index is 1.26. The van der Waals surface area contributed by atoms with Crippen LogP contribution in [-0.2, 0) is 0 Å². The predicted octanol–water partition coefficient (Wildman–Crippen LogP) is 13.6. The second kappa shape index (κ2) is 13.5. The van der Waals surface area contributed by atoms with Gasteiger partial charge in [0.05, 0.1) is 34.3 Å². The van der Waals surface area contributed by atoms with Crippen LogP contribution in [0.1, 0.15) is 11.1 Å². The Morgan fingerprint density at radius 2 is 0.821 bits per heavy atom. The van der Waals surface area contributed by atoms with E-state index < -0.39 is 0 Å². The Bertz CT molecular complexity index is 3180. The number of benzene rings is 9. The molecular weight excluding hydrogens is 681 g/mol. The van der Waals surface area contributed by atoms with Gasteiger partial charge in [-0.05, 0) is 129 Å². The van der Waals surface area contributed by atoms with E-state index in [1.54, 1.807) is 0 Å². The van der Waals surface area contributed by atoms with Gasteiger partial charge in [-0.15, -0.1) is 0 Å². The van der Waals surface area contributed by atoms with Crippen LogP contribution in [0.3, 0.4) is 0 Å². The lowest BCUT2D eigenvalue weighted by atomic mass is 9.85. The van der Waals surface area contributed by atoms with Gasteiger partial charge in [-0.25, -0.2) is 0 Å². The lowest BCUT2D eigenvalue weighted by molar-refractivity contribution is 1.18. The van der Waals surface area contributed by atoms with Gasteiger partial charge in [-0.3, -0.25) is 0 Å². The fourth-order valence-electron chi connectivity index (χ4n) is 8.33. The van der Waals surface area contributed by atoms with E-state index in [4.69, 9.17) is 0 Å². The second-order valence-corrected chi connectivity index (χ2v) is 14.0. The van der Waals surface area contributed by atoms with E-state index in [-0.39, 0.29) is 0 Å². The Hall–Kier alpha value is -7.92. The number of nitrogens with zero attached hydrogens (tertiary/aromatic N) is 4. The second-order valence-electron chi connectivity index (χ2n) is 14.0. The van der Waals surface area contributed by atoms with Gasteiger partial charge in [-0.2, -0.15) is 10.5 Å². The van der Waals surface area contributed by atoms with E-state index in [0.717, 1.165) is 77.6 Å². The van der Waals surface area contributed by atoms with Gasteiger partial charge in [-0.1, -0.05) is 109 Å². The summed E-state index contributed by atoms with van der Waals surface area (Å²) in [6.45, 7) is 0. The molecule has 4 heteroatoms. The maximum Gasteiger partial charge on any atom is 0.0991 e. The lowest BCUT2D eigenvalue weighted by Crippen LogP contribution is -2.10. The van der Waals surface area contributed by atoms with Crippen molar-refractivity contribution in [2.24, 2.45) is 0 Å². The van der Waals surface area contributed by atoms with Crippen LogP contribution in [0.5, 0.6) is 0 Å². The molecule has 0 amide bonds. The Labute approximate surface area is 324 Å². The first-order valence-electron chi connectivity index (χ1n) is 18.6. The number of anilines is 3. The maximum atomic E-state index is 9.66. The van der Waals surface area contributed by atoms with Crippen LogP contribution in [0.25, 0.3) is 71.3 Å². The highest BCUT2D eigenvalue weighted by molar-refractivity contribution is 6.22. The van der Waals surface area contributed by atoms with E-state index in [2.05, 4.69) is 179 Å². The summed E-state index contributed by atoms with van der Waals surface area (Å²) in [5.74, 6) is 0. The third-order valence-electron chi connectivity index (χ3n) is 10.8. The molecule has 0 spiro atoms. The standard InChI is InChI=1S/C52H32N4/c53-33-35-19-23-37(24-20-35)51-44-16-7-8-17-45(44)52(38-25-21-36(34-54)22-26-38)48-32-41(27-29-46(48)51)55(39-11-3-1-4-12-39)42-28-30-50-47(31-42)43-15-9-10-18-49(43)56(50)40-13-5-2-6-14-40/h1-32H. The molecule has 10 rings (SSSR count). The molecule has 0 unspecified atom stereocenters. The minimum atomic E-state index is 0.622. The van der Waals surface area contributed by atoms with Crippen molar-refractivity contribution in [1.29, 1.82) is 10.5 Å². The number of aromatic nitrogens is 1. The minimum Gasteiger partial charge on any atom is -0.310 e. The summed E-state index contributed by atoms with van der Waals surface area (Å²) >= 11 is 0. The molecule has 0 aliphatic heterocycles. The first kappa shape index (κ1) is 32.7. The van der Waals surface area contributed by atoms with E-state index in [1.807, 2.05) is 36.4 Å². The smallest absolute Gasteiger partial charge is 0.0991 e. The molecule has 56 heavy (non-hydrogen) atoms. The van der Waals surface area contributed by atoms with Crippen LogP contribution in [-0.4, -0.2) is 4.57 Å². The van der Waals surface area contributed by atoms with Gasteiger partial charge in [0, 0.05) is 33.5 Å². The molecule has 0 saturated carbocycles. The molecule has 0 aliphatic rings. The summed E-state index contributed by atoms with van der Waals surface area (Å²) in [4.78, 5) is 2.34. The number of para-hydroxylation sites is 3. The molecule has 4 nitrogen and oxygen atoms in total. The summed E-state index contributed by atoms with van der Waals surface area (Å²) < 4.78 is 2.34. The number of hydrogen-bond donors (Lipinski definition) is 0. The number of nitriles is 2. The van der Waals surface area contributed by atoms with Gasteiger partial charge in [0.15, 0.2) is 0 Å². The molecule has 1 heterocycles. The molecule has 0 aliphatic carbocycles. The fraction of sp³-hybridized carbons (Fsp3) is 0. The van der Waals surface area contributed by atoms with Crippen molar-refractivity contribution in [1.82, 2.24) is 4.57 Å². The number of hydrogen-bond acceptors (Lipinski definition) is 3. The zero-order valence-electron chi connectivity index (χ0n) is 30.3. The van der Waals surface area contributed by atoms with Gasteiger partial charge >= 0.3 is 0 Å². The van der Waals surface area contributed by atoms with Crippen molar-refractivity contribution in [3.63, 3.8) is 0 Å². The monoisotopic (exact) mass is 712 g/mol. The topological polar surface area (TPSA) is 55.8 Å². The molecular formula is C52H32N4. The van der Waals surface area contributed by atoms with E-state index in [1.165, 1.54) is 10.8 Å². The van der Waals surface area contributed by atoms with Crippen molar-refractivity contribution >= 4 is 60.4 Å². The normalized spacial score (nSPS) is 11.2.